The van der Waals surface area contributed by atoms with Crippen LogP contribution in [0.4, 0.5) is 0 Å². The summed E-state index contributed by atoms with van der Waals surface area (Å²) < 4.78 is 26.8. The lowest BCUT2D eigenvalue weighted by Crippen LogP contribution is -2.27. The molecule has 0 aliphatic rings. The molecule has 0 bridgehead atoms. The van der Waals surface area contributed by atoms with E-state index in [9.17, 15) is 24.2 Å². The van der Waals surface area contributed by atoms with Crippen molar-refractivity contribution in [3.8, 4) is 0 Å². The van der Waals surface area contributed by atoms with E-state index in [1.807, 2.05) is 0 Å². The first kappa shape index (κ1) is 51.2. The fourth-order valence-electron chi connectivity index (χ4n) is 5.76. The second-order valence-corrected chi connectivity index (χ2v) is 15.8. The number of hydrogen-bond acceptors (Lipinski definition) is 7. The second-order valence-electron chi connectivity index (χ2n) is 14.3. The fourth-order valence-corrected chi connectivity index (χ4v) is 6.51. The maximum atomic E-state index is 12.1. The fraction of sp³-hybridized carbons (Fsp3) is 0.814. The van der Waals surface area contributed by atoms with Gasteiger partial charge in [-0.3, -0.25) is 18.6 Å². The van der Waals surface area contributed by atoms with Gasteiger partial charge in [0.2, 0.25) is 5.91 Å². The summed E-state index contributed by atoms with van der Waals surface area (Å²) in [7, 11) is -4.42. The zero-order chi connectivity index (χ0) is 38.9. The third kappa shape index (κ3) is 41.2. The minimum atomic E-state index is -4.42. The van der Waals surface area contributed by atoms with Gasteiger partial charge in [-0.15, -0.1) is 0 Å². The summed E-state index contributed by atoms with van der Waals surface area (Å²) >= 11 is 0. The SMILES string of the molecule is CCCCC/C=C\C/C=C\CCCCCCCCCC(=O)NCCOP(=O)(O)OCC(O)COC(=O)CCCCCCC/C=C\CCCCCCCC. The molecule has 0 saturated carbocycles. The summed E-state index contributed by atoms with van der Waals surface area (Å²) in [5, 5.41) is 12.7. The van der Waals surface area contributed by atoms with E-state index in [0.717, 1.165) is 70.6 Å². The standard InChI is InChI=1S/C43H80NO8P/c1-3-5-7-9-11-13-15-17-19-20-22-23-25-27-29-31-33-35-42(46)44-37-38-51-53(48,49)52-40-41(45)39-50-43(47)36-34-32-30-28-26-24-21-18-16-14-12-10-8-6-4-2/h11,13,17-19,21,41,45H,3-10,12,14-16,20,22-40H2,1-2H3,(H,44,46)(H,48,49)/b13-11-,19-17-,21-18-. The number of hydrogen-bond donors (Lipinski definition) is 3. The van der Waals surface area contributed by atoms with Gasteiger partial charge in [0.1, 0.15) is 12.7 Å². The van der Waals surface area contributed by atoms with Crippen LogP contribution in [0.2, 0.25) is 0 Å². The van der Waals surface area contributed by atoms with E-state index in [1.54, 1.807) is 0 Å². The van der Waals surface area contributed by atoms with Gasteiger partial charge in [0.05, 0.1) is 13.2 Å². The first-order valence-corrected chi connectivity index (χ1v) is 23.0. The molecular weight excluding hydrogens is 689 g/mol. The summed E-state index contributed by atoms with van der Waals surface area (Å²) in [5.41, 5.74) is 0. The van der Waals surface area contributed by atoms with E-state index in [0.29, 0.717) is 6.42 Å². The second kappa shape index (κ2) is 39.9. The highest BCUT2D eigenvalue weighted by molar-refractivity contribution is 7.47. The number of carbonyl (C=O) groups excluding carboxylic acids is 2. The summed E-state index contributed by atoms with van der Waals surface area (Å²) in [6, 6.07) is 0. The molecule has 10 heteroatoms. The van der Waals surface area contributed by atoms with Gasteiger partial charge < -0.3 is 20.1 Å². The number of amides is 1. The average Bonchev–Trinajstić information content (AvgIpc) is 3.14. The summed E-state index contributed by atoms with van der Waals surface area (Å²) in [6.45, 7) is 3.51. The normalized spacial score (nSPS) is 13.7. The van der Waals surface area contributed by atoms with E-state index in [2.05, 4.69) is 55.6 Å². The molecule has 2 unspecified atom stereocenters. The Morgan fingerprint density at radius 3 is 1.57 bits per heavy atom. The lowest BCUT2D eigenvalue weighted by molar-refractivity contribution is -0.147. The van der Waals surface area contributed by atoms with Crippen molar-refractivity contribution >= 4 is 19.7 Å². The number of ether oxygens (including phenoxy) is 1. The Labute approximate surface area is 324 Å². The molecule has 0 heterocycles. The zero-order valence-corrected chi connectivity index (χ0v) is 34.9. The zero-order valence-electron chi connectivity index (χ0n) is 34.0. The van der Waals surface area contributed by atoms with Gasteiger partial charge in [0.25, 0.3) is 0 Å². The van der Waals surface area contributed by atoms with Crippen LogP contribution in [0, 0.1) is 0 Å². The van der Waals surface area contributed by atoms with Crippen molar-refractivity contribution in [3.63, 3.8) is 0 Å². The van der Waals surface area contributed by atoms with Crippen LogP contribution < -0.4 is 5.32 Å². The number of rotatable bonds is 40. The molecule has 0 radical (unpaired) electrons. The smallest absolute Gasteiger partial charge is 0.463 e. The monoisotopic (exact) mass is 770 g/mol. The Morgan fingerprint density at radius 1 is 0.585 bits per heavy atom. The maximum absolute atomic E-state index is 12.1. The van der Waals surface area contributed by atoms with Crippen molar-refractivity contribution < 1.29 is 37.9 Å². The van der Waals surface area contributed by atoms with Gasteiger partial charge in [-0.25, -0.2) is 4.57 Å². The number of aliphatic hydroxyl groups is 1. The molecule has 0 saturated heterocycles. The van der Waals surface area contributed by atoms with E-state index < -0.39 is 26.5 Å². The molecule has 0 fully saturated rings. The topological polar surface area (TPSA) is 131 Å². The Morgan fingerprint density at radius 2 is 1.02 bits per heavy atom. The van der Waals surface area contributed by atoms with E-state index in [1.165, 1.54) is 96.3 Å². The van der Waals surface area contributed by atoms with E-state index in [4.69, 9.17) is 13.8 Å². The molecule has 0 rings (SSSR count). The quantitative estimate of drug-likeness (QED) is 0.0243. The number of allylic oxidation sites excluding steroid dienone is 6. The Bertz CT molecular complexity index is 970. The molecule has 1 amide bonds. The number of phosphoric ester groups is 1. The van der Waals surface area contributed by atoms with Crippen molar-refractivity contribution in [3.05, 3.63) is 36.5 Å². The average molecular weight is 770 g/mol. The van der Waals surface area contributed by atoms with Crippen LogP contribution in [0.1, 0.15) is 194 Å². The van der Waals surface area contributed by atoms with Gasteiger partial charge in [-0.1, -0.05) is 147 Å². The Hall–Kier alpha value is -1.77. The molecule has 0 aliphatic heterocycles. The van der Waals surface area contributed by atoms with Gasteiger partial charge >= 0.3 is 13.8 Å². The number of carbonyl (C=O) groups is 2. The Balaban J connectivity index is 3.62. The summed E-state index contributed by atoms with van der Waals surface area (Å²) in [4.78, 5) is 33.9. The molecule has 9 nitrogen and oxygen atoms in total. The molecule has 0 spiro atoms. The molecule has 310 valence electrons. The van der Waals surface area contributed by atoms with Crippen molar-refractivity contribution in [2.24, 2.45) is 0 Å². The van der Waals surface area contributed by atoms with E-state index in [-0.39, 0.29) is 32.1 Å². The van der Waals surface area contributed by atoms with Crippen LogP contribution in [0.25, 0.3) is 0 Å². The van der Waals surface area contributed by atoms with Gasteiger partial charge in [-0.2, -0.15) is 0 Å². The van der Waals surface area contributed by atoms with Crippen molar-refractivity contribution in [1.82, 2.24) is 5.32 Å². The molecule has 2 atom stereocenters. The molecular formula is C43H80NO8P. The number of phosphoric acid groups is 1. The highest BCUT2D eigenvalue weighted by atomic mass is 31.2. The van der Waals surface area contributed by atoms with Gasteiger partial charge in [0.15, 0.2) is 0 Å². The molecule has 0 aromatic rings. The minimum Gasteiger partial charge on any atom is -0.463 e. The third-order valence-corrected chi connectivity index (χ3v) is 10.0. The van der Waals surface area contributed by atoms with Crippen LogP contribution in [0.3, 0.4) is 0 Å². The van der Waals surface area contributed by atoms with Crippen LogP contribution in [0.15, 0.2) is 36.5 Å². The molecule has 0 aromatic carbocycles. The number of nitrogens with one attached hydrogen (secondary N) is 1. The highest BCUT2D eigenvalue weighted by Crippen LogP contribution is 2.42. The van der Waals surface area contributed by atoms with Crippen LogP contribution >= 0.6 is 7.82 Å². The number of unbranched alkanes of at least 4 members (excludes halogenated alkanes) is 21. The predicted octanol–water partition coefficient (Wildman–Crippen LogP) is 11.8. The first-order valence-electron chi connectivity index (χ1n) is 21.5. The maximum Gasteiger partial charge on any atom is 0.472 e. The third-order valence-electron chi connectivity index (χ3n) is 9.04. The highest BCUT2D eigenvalue weighted by Gasteiger charge is 2.23. The van der Waals surface area contributed by atoms with Crippen LogP contribution in [-0.4, -0.2) is 54.3 Å². The van der Waals surface area contributed by atoms with Gasteiger partial charge in [0, 0.05) is 19.4 Å². The van der Waals surface area contributed by atoms with Gasteiger partial charge in [-0.05, 0) is 70.6 Å². The minimum absolute atomic E-state index is 0.0763. The largest absolute Gasteiger partial charge is 0.472 e. The molecule has 3 N–H and O–H groups in total. The molecule has 53 heavy (non-hydrogen) atoms. The van der Waals surface area contributed by atoms with E-state index >= 15 is 0 Å². The predicted molar refractivity (Wildman–Crippen MR) is 220 cm³/mol. The number of esters is 1. The number of aliphatic hydroxyl groups excluding tert-OH is 1. The lowest BCUT2D eigenvalue weighted by Gasteiger charge is -2.15. The Kier molecular flexibility index (Phi) is 38.6. The van der Waals surface area contributed by atoms with Crippen LogP contribution in [-0.2, 0) is 27.9 Å². The van der Waals surface area contributed by atoms with Crippen molar-refractivity contribution in [2.45, 2.75) is 200 Å². The molecule has 0 aliphatic carbocycles. The first-order chi connectivity index (χ1) is 25.8. The van der Waals surface area contributed by atoms with Crippen LogP contribution in [0.5, 0.6) is 0 Å². The van der Waals surface area contributed by atoms with Crippen molar-refractivity contribution in [2.75, 3.05) is 26.4 Å². The van der Waals surface area contributed by atoms with Crippen molar-refractivity contribution in [1.29, 1.82) is 0 Å². The summed E-state index contributed by atoms with van der Waals surface area (Å²) in [6.07, 6.45) is 43.5. The summed E-state index contributed by atoms with van der Waals surface area (Å²) in [5.74, 6) is -0.532. The molecule has 0 aromatic heterocycles. The lowest BCUT2D eigenvalue weighted by atomic mass is 10.1.